The summed E-state index contributed by atoms with van der Waals surface area (Å²) in [7, 11) is 0. The first-order valence-corrected chi connectivity index (χ1v) is 8.67. The third kappa shape index (κ3) is 3.21. The van der Waals surface area contributed by atoms with Gasteiger partial charge in [-0.3, -0.25) is 14.6 Å². The van der Waals surface area contributed by atoms with Crippen LogP contribution < -0.4 is 11.1 Å². The van der Waals surface area contributed by atoms with Gasteiger partial charge in [0.2, 0.25) is 5.91 Å². The van der Waals surface area contributed by atoms with Gasteiger partial charge in [0.25, 0.3) is 0 Å². The Kier molecular flexibility index (Phi) is 3.83. The summed E-state index contributed by atoms with van der Waals surface area (Å²) in [5.41, 5.74) is 9.24. The zero-order valence-electron chi connectivity index (χ0n) is 15.4. The molecule has 4 aromatic rings. The number of hydrogen-bond acceptors (Lipinski definition) is 5. The van der Waals surface area contributed by atoms with E-state index in [9.17, 15) is 4.79 Å². The number of anilines is 1. The zero-order valence-corrected chi connectivity index (χ0v) is 15.4. The molecule has 0 unspecified atom stereocenters. The summed E-state index contributed by atoms with van der Waals surface area (Å²) in [5.74, 6) is 0.359. The number of aromatic amines is 1. The lowest BCUT2D eigenvalue weighted by Crippen LogP contribution is -2.45. The molecule has 3 heterocycles. The molecule has 0 saturated heterocycles. The van der Waals surface area contributed by atoms with Crippen molar-refractivity contribution in [2.45, 2.75) is 32.9 Å². The highest BCUT2D eigenvalue weighted by molar-refractivity contribution is 6.08. The van der Waals surface area contributed by atoms with E-state index >= 15 is 0 Å². The average Bonchev–Trinajstić information content (AvgIpc) is 3.22. The average molecular weight is 363 g/mol. The molecule has 0 spiro atoms. The van der Waals surface area contributed by atoms with Crippen LogP contribution in [0.4, 0.5) is 5.82 Å². The fraction of sp³-hybridized carbons (Fsp3) is 0.263. The quantitative estimate of drug-likeness (QED) is 0.515. The number of carbonyl (C=O) groups excluding carboxylic acids is 1. The number of aromatic nitrogens is 5. The first kappa shape index (κ1) is 17.0. The minimum absolute atomic E-state index is 0.0744. The molecular weight excluding hydrogens is 342 g/mol. The molecule has 8 nitrogen and oxygen atoms in total. The van der Waals surface area contributed by atoms with E-state index in [0.717, 1.165) is 33.1 Å². The molecule has 4 rings (SSSR count). The number of H-pyrrole nitrogens is 1. The Bertz CT molecular complexity index is 1140. The van der Waals surface area contributed by atoms with Crippen molar-refractivity contribution in [3.8, 4) is 11.3 Å². The molecule has 1 aromatic carbocycles. The topological polar surface area (TPSA) is 115 Å². The standard InChI is InChI=1S/C19H21N7O/c1-11(27)23-19(2,3)10-26-9-14-17(25-26)13-5-4-12(15-6-7-21-24-15)8-16(13)22-18(14)20/h4-9H,10H2,1-3H3,(H2,20,22)(H,21,24)(H,23,27). The number of nitrogens with two attached hydrogens (primary N) is 1. The fourth-order valence-electron chi connectivity index (χ4n) is 3.41. The number of fused-ring (bicyclic) bond motifs is 3. The third-order valence-corrected chi connectivity index (χ3v) is 4.41. The van der Waals surface area contributed by atoms with E-state index in [1.165, 1.54) is 6.92 Å². The second-order valence-electron chi connectivity index (χ2n) is 7.35. The van der Waals surface area contributed by atoms with E-state index < -0.39 is 5.54 Å². The summed E-state index contributed by atoms with van der Waals surface area (Å²) in [6, 6.07) is 7.88. The van der Waals surface area contributed by atoms with Crippen LogP contribution >= 0.6 is 0 Å². The van der Waals surface area contributed by atoms with Gasteiger partial charge in [-0.2, -0.15) is 10.2 Å². The zero-order chi connectivity index (χ0) is 19.2. The van der Waals surface area contributed by atoms with Crippen LogP contribution in [0.2, 0.25) is 0 Å². The predicted molar refractivity (Wildman–Crippen MR) is 105 cm³/mol. The molecule has 8 heteroatoms. The van der Waals surface area contributed by atoms with E-state index in [-0.39, 0.29) is 5.91 Å². The fourth-order valence-corrected chi connectivity index (χ4v) is 3.41. The Labute approximate surface area is 155 Å². The van der Waals surface area contributed by atoms with Crippen molar-refractivity contribution >= 4 is 33.5 Å². The van der Waals surface area contributed by atoms with Gasteiger partial charge in [-0.1, -0.05) is 6.07 Å². The molecule has 27 heavy (non-hydrogen) atoms. The summed E-state index contributed by atoms with van der Waals surface area (Å²) in [4.78, 5) is 16.0. The van der Waals surface area contributed by atoms with Crippen molar-refractivity contribution in [3.63, 3.8) is 0 Å². The van der Waals surface area contributed by atoms with Crippen LogP contribution in [-0.4, -0.2) is 36.4 Å². The van der Waals surface area contributed by atoms with Crippen molar-refractivity contribution in [2.75, 3.05) is 5.73 Å². The summed E-state index contributed by atoms with van der Waals surface area (Å²) in [5, 5.41) is 16.3. The Balaban J connectivity index is 1.79. The summed E-state index contributed by atoms with van der Waals surface area (Å²) >= 11 is 0. The SMILES string of the molecule is CC(=O)NC(C)(C)Cn1cc2c(N)nc3cc(-c4ccn[nH]4)ccc3c2n1. The molecule has 138 valence electrons. The van der Waals surface area contributed by atoms with Crippen molar-refractivity contribution in [1.82, 2.24) is 30.3 Å². The van der Waals surface area contributed by atoms with E-state index in [2.05, 4.69) is 20.5 Å². The van der Waals surface area contributed by atoms with Crippen LogP contribution in [0.5, 0.6) is 0 Å². The molecule has 1 amide bonds. The smallest absolute Gasteiger partial charge is 0.217 e. The Morgan fingerprint density at radius 3 is 2.81 bits per heavy atom. The highest BCUT2D eigenvalue weighted by Gasteiger charge is 2.21. The number of nitrogen functional groups attached to an aromatic ring is 1. The van der Waals surface area contributed by atoms with Gasteiger partial charge in [-0.05, 0) is 32.0 Å². The third-order valence-electron chi connectivity index (χ3n) is 4.41. The Hall–Kier alpha value is -3.42. The molecule has 0 bridgehead atoms. The van der Waals surface area contributed by atoms with Gasteiger partial charge in [-0.15, -0.1) is 0 Å². The largest absolute Gasteiger partial charge is 0.383 e. The van der Waals surface area contributed by atoms with Crippen molar-refractivity contribution in [3.05, 3.63) is 36.7 Å². The van der Waals surface area contributed by atoms with E-state index in [0.29, 0.717) is 12.4 Å². The first-order chi connectivity index (χ1) is 12.8. The number of nitrogens with zero attached hydrogens (tertiary/aromatic N) is 4. The number of pyridine rings is 1. The molecule has 4 N–H and O–H groups in total. The van der Waals surface area contributed by atoms with E-state index in [1.807, 2.05) is 44.3 Å². The van der Waals surface area contributed by atoms with Crippen LogP contribution in [0.1, 0.15) is 20.8 Å². The maximum absolute atomic E-state index is 11.4. The van der Waals surface area contributed by atoms with Crippen molar-refractivity contribution in [2.24, 2.45) is 0 Å². The minimum Gasteiger partial charge on any atom is -0.383 e. The van der Waals surface area contributed by atoms with Crippen LogP contribution in [-0.2, 0) is 11.3 Å². The number of benzene rings is 1. The van der Waals surface area contributed by atoms with E-state index in [1.54, 1.807) is 10.9 Å². The maximum Gasteiger partial charge on any atom is 0.217 e. The summed E-state index contributed by atoms with van der Waals surface area (Å²) < 4.78 is 1.81. The summed E-state index contributed by atoms with van der Waals surface area (Å²) in [6.07, 6.45) is 3.59. The number of hydrogen-bond donors (Lipinski definition) is 3. The number of carbonyl (C=O) groups is 1. The summed E-state index contributed by atoms with van der Waals surface area (Å²) in [6.45, 7) is 5.94. The molecule has 0 aliphatic heterocycles. The molecule has 0 aliphatic rings. The van der Waals surface area contributed by atoms with Crippen LogP contribution in [0.3, 0.4) is 0 Å². The van der Waals surface area contributed by atoms with Gasteiger partial charge in [-0.25, -0.2) is 4.98 Å². The first-order valence-electron chi connectivity index (χ1n) is 8.67. The van der Waals surface area contributed by atoms with Gasteiger partial charge in [0, 0.05) is 30.3 Å². The number of nitrogens with one attached hydrogen (secondary N) is 2. The predicted octanol–water partition coefficient (Wildman–Crippen LogP) is 2.47. The minimum atomic E-state index is -0.431. The van der Waals surface area contributed by atoms with Crippen molar-refractivity contribution in [1.29, 1.82) is 0 Å². The van der Waals surface area contributed by atoms with E-state index in [4.69, 9.17) is 10.8 Å². The van der Waals surface area contributed by atoms with Gasteiger partial charge < -0.3 is 11.1 Å². The lowest BCUT2D eigenvalue weighted by molar-refractivity contribution is -0.120. The lowest BCUT2D eigenvalue weighted by Gasteiger charge is -2.25. The second-order valence-corrected chi connectivity index (χ2v) is 7.35. The van der Waals surface area contributed by atoms with Gasteiger partial charge in [0.1, 0.15) is 11.3 Å². The number of amides is 1. The lowest BCUT2D eigenvalue weighted by atomic mass is 10.1. The van der Waals surface area contributed by atoms with Gasteiger partial charge >= 0.3 is 0 Å². The molecule has 0 aliphatic carbocycles. The molecule has 0 fully saturated rings. The molecule has 3 aromatic heterocycles. The molecule has 0 atom stereocenters. The molecule has 0 saturated carbocycles. The Morgan fingerprint density at radius 1 is 1.30 bits per heavy atom. The van der Waals surface area contributed by atoms with Crippen molar-refractivity contribution < 1.29 is 4.79 Å². The highest BCUT2D eigenvalue weighted by atomic mass is 16.1. The highest BCUT2D eigenvalue weighted by Crippen LogP contribution is 2.30. The maximum atomic E-state index is 11.4. The van der Waals surface area contributed by atoms with Gasteiger partial charge in [0.15, 0.2) is 0 Å². The van der Waals surface area contributed by atoms with Crippen LogP contribution in [0.15, 0.2) is 36.7 Å². The van der Waals surface area contributed by atoms with Gasteiger partial charge in [0.05, 0.1) is 28.7 Å². The monoisotopic (exact) mass is 363 g/mol. The second kappa shape index (κ2) is 6.08. The number of rotatable bonds is 4. The molecular formula is C19H21N7O. The molecule has 0 radical (unpaired) electrons. The normalized spacial score (nSPS) is 12.0. The Morgan fingerprint density at radius 2 is 2.11 bits per heavy atom. The van der Waals surface area contributed by atoms with Crippen LogP contribution in [0, 0.1) is 0 Å². The van der Waals surface area contributed by atoms with Crippen LogP contribution in [0.25, 0.3) is 33.1 Å².